The Morgan fingerprint density at radius 1 is 1.17 bits per heavy atom. The van der Waals surface area contributed by atoms with Gasteiger partial charge in [-0.2, -0.15) is 5.10 Å². The van der Waals surface area contributed by atoms with Crippen molar-refractivity contribution in [2.24, 2.45) is 5.41 Å². The van der Waals surface area contributed by atoms with Crippen LogP contribution in [0.1, 0.15) is 54.4 Å². The fourth-order valence-electron chi connectivity index (χ4n) is 4.49. The zero-order valence-corrected chi connectivity index (χ0v) is 17.2. The van der Waals surface area contributed by atoms with Crippen LogP contribution in [0.25, 0.3) is 0 Å². The fraction of sp³-hybridized carbons (Fsp3) is 0.571. The molecule has 0 saturated carbocycles. The third kappa shape index (κ3) is 4.16. The largest absolute Gasteiger partial charge is 0.338 e. The first-order valence-corrected chi connectivity index (χ1v) is 10.3. The van der Waals surface area contributed by atoms with E-state index in [0.717, 1.165) is 43.7 Å². The monoisotopic (exact) mass is 396 g/mol. The Kier molecular flexibility index (Phi) is 5.34. The van der Waals surface area contributed by atoms with E-state index in [2.05, 4.69) is 15.1 Å². The third-order valence-corrected chi connectivity index (χ3v) is 6.09. The third-order valence-electron chi connectivity index (χ3n) is 6.09. The van der Waals surface area contributed by atoms with E-state index < -0.39 is 0 Å². The quantitative estimate of drug-likeness (QED) is 0.790. The molecule has 2 amide bonds. The molecule has 8 heteroatoms. The lowest BCUT2D eigenvalue weighted by atomic mass is 9.73. The van der Waals surface area contributed by atoms with Gasteiger partial charge >= 0.3 is 0 Å². The van der Waals surface area contributed by atoms with Gasteiger partial charge in [0.2, 0.25) is 5.91 Å². The van der Waals surface area contributed by atoms with Crippen molar-refractivity contribution in [1.29, 1.82) is 0 Å². The number of hydrogen-bond acceptors (Lipinski definition) is 5. The minimum absolute atomic E-state index is 0.0385. The van der Waals surface area contributed by atoms with Crippen molar-refractivity contribution in [2.45, 2.75) is 52.6 Å². The molecule has 2 aliphatic rings. The van der Waals surface area contributed by atoms with E-state index in [4.69, 9.17) is 0 Å². The van der Waals surface area contributed by atoms with Gasteiger partial charge in [-0.1, -0.05) is 0 Å². The highest BCUT2D eigenvalue weighted by Crippen LogP contribution is 2.39. The molecule has 29 heavy (non-hydrogen) atoms. The van der Waals surface area contributed by atoms with Crippen LogP contribution in [-0.2, 0) is 17.9 Å². The number of aryl methyl sites for hydroxylation is 2. The molecule has 0 bridgehead atoms. The molecule has 0 radical (unpaired) electrons. The van der Waals surface area contributed by atoms with Crippen LogP contribution in [0, 0.1) is 12.3 Å². The highest BCUT2D eigenvalue weighted by molar-refractivity contribution is 5.93. The first-order valence-electron chi connectivity index (χ1n) is 10.3. The van der Waals surface area contributed by atoms with Gasteiger partial charge in [0.1, 0.15) is 0 Å². The molecule has 1 unspecified atom stereocenters. The molecule has 1 atom stereocenters. The van der Waals surface area contributed by atoms with E-state index in [1.807, 2.05) is 29.8 Å². The second kappa shape index (κ2) is 7.93. The summed E-state index contributed by atoms with van der Waals surface area (Å²) in [6.07, 6.45) is 10.3. The maximum absolute atomic E-state index is 13.0. The van der Waals surface area contributed by atoms with Gasteiger partial charge < -0.3 is 9.80 Å². The van der Waals surface area contributed by atoms with Crippen molar-refractivity contribution in [1.82, 2.24) is 29.5 Å². The maximum atomic E-state index is 13.0. The van der Waals surface area contributed by atoms with E-state index in [9.17, 15) is 9.59 Å². The molecule has 2 fully saturated rings. The van der Waals surface area contributed by atoms with E-state index in [0.29, 0.717) is 31.6 Å². The molecule has 8 nitrogen and oxygen atoms in total. The topological polar surface area (TPSA) is 84.2 Å². The molecule has 4 heterocycles. The smallest absolute Gasteiger partial charge is 0.257 e. The van der Waals surface area contributed by atoms with Gasteiger partial charge in [0.15, 0.2) is 0 Å². The van der Waals surface area contributed by atoms with Gasteiger partial charge in [0.05, 0.1) is 35.9 Å². The van der Waals surface area contributed by atoms with Crippen molar-refractivity contribution in [3.63, 3.8) is 0 Å². The van der Waals surface area contributed by atoms with Gasteiger partial charge in [0.25, 0.3) is 5.91 Å². The summed E-state index contributed by atoms with van der Waals surface area (Å²) in [5.74, 6) is 0.197. The summed E-state index contributed by atoms with van der Waals surface area (Å²) >= 11 is 0. The van der Waals surface area contributed by atoms with Crippen LogP contribution in [0.3, 0.4) is 0 Å². The van der Waals surface area contributed by atoms with Crippen molar-refractivity contribution in [3.8, 4) is 0 Å². The number of aromatic nitrogens is 4. The number of piperidine rings is 2. The molecule has 2 aromatic heterocycles. The number of rotatable bonds is 4. The molecular formula is C21H28N6O2. The van der Waals surface area contributed by atoms with Gasteiger partial charge in [-0.15, -0.1) is 0 Å². The summed E-state index contributed by atoms with van der Waals surface area (Å²) in [7, 11) is 0. The number of carbonyl (C=O) groups is 2. The van der Waals surface area contributed by atoms with E-state index in [1.165, 1.54) is 0 Å². The Morgan fingerprint density at radius 3 is 2.76 bits per heavy atom. The van der Waals surface area contributed by atoms with Gasteiger partial charge in [-0.05, 0) is 33.1 Å². The van der Waals surface area contributed by atoms with Crippen LogP contribution in [0.15, 0.2) is 24.8 Å². The fourth-order valence-corrected chi connectivity index (χ4v) is 4.49. The second-order valence-corrected chi connectivity index (χ2v) is 8.31. The highest BCUT2D eigenvalue weighted by Gasteiger charge is 2.43. The Balaban J connectivity index is 1.47. The Bertz CT molecular complexity index is 893. The highest BCUT2D eigenvalue weighted by atomic mass is 16.2. The van der Waals surface area contributed by atoms with Crippen LogP contribution in [-0.4, -0.2) is 61.0 Å². The van der Waals surface area contributed by atoms with Crippen LogP contribution in [0.4, 0.5) is 0 Å². The van der Waals surface area contributed by atoms with Crippen molar-refractivity contribution < 1.29 is 9.59 Å². The number of nitrogens with zero attached hydrogens (tertiary/aromatic N) is 6. The average molecular weight is 396 g/mol. The van der Waals surface area contributed by atoms with Crippen molar-refractivity contribution in [3.05, 3.63) is 41.7 Å². The van der Waals surface area contributed by atoms with Crippen LogP contribution >= 0.6 is 0 Å². The minimum atomic E-state index is -0.0410. The summed E-state index contributed by atoms with van der Waals surface area (Å²) in [5, 5.41) is 4.23. The SMILES string of the molecule is CCn1cc(C(=O)N2CCCC3(CCC(=O)N(Cc4cnc(C)cn4)C3)C2)cn1. The first-order chi connectivity index (χ1) is 14.0. The molecule has 1 spiro atoms. The molecule has 2 aromatic rings. The molecule has 0 aromatic carbocycles. The standard InChI is InChI=1S/C21H28N6O2/c1-3-27-12-17(10-24-27)20(29)25-8-4-6-21(14-25)7-5-19(28)26(15-21)13-18-11-22-16(2)9-23-18/h9-12H,3-8,13-15H2,1-2H3. The normalized spacial score (nSPS) is 22.3. The van der Waals surface area contributed by atoms with Crippen LogP contribution < -0.4 is 0 Å². The molecule has 4 rings (SSSR count). The molecule has 2 aliphatic heterocycles. The lowest BCUT2D eigenvalue weighted by molar-refractivity contribution is -0.139. The Labute approximate surface area is 170 Å². The number of likely N-dealkylation sites (tertiary alicyclic amines) is 2. The Hall–Kier alpha value is -2.77. The van der Waals surface area contributed by atoms with E-state index >= 15 is 0 Å². The van der Waals surface area contributed by atoms with E-state index in [1.54, 1.807) is 23.3 Å². The van der Waals surface area contributed by atoms with Gasteiger partial charge in [-0.3, -0.25) is 24.2 Å². The van der Waals surface area contributed by atoms with Gasteiger partial charge in [-0.25, -0.2) is 0 Å². The lowest BCUT2D eigenvalue weighted by Gasteiger charge is -2.48. The average Bonchev–Trinajstić information content (AvgIpc) is 3.21. The lowest BCUT2D eigenvalue weighted by Crippen LogP contribution is -2.54. The molecule has 154 valence electrons. The van der Waals surface area contributed by atoms with Crippen molar-refractivity contribution in [2.75, 3.05) is 19.6 Å². The summed E-state index contributed by atoms with van der Waals surface area (Å²) in [5.41, 5.74) is 2.27. The molecular weight excluding hydrogens is 368 g/mol. The molecule has 0 N–H and O–H groups in total. The second-order valence-electron chi connectivity index (χ2n) is 8.31. The van der Waals surface area contributed by atoms with Crippen LogP contribution in [0.5, 0.6) is 0 Å². The minimum Gasteiger partial charge on any atom is -0.338 e. The molecule has 0 aliphatic carbocycles. The summed E-state index contributed by atoms with van der Waals surface area (Å²) in [6.45, 7) is 7.24. The maximum Gasteiger partial charge on any atom is 0.257 e. The van der Waals surface area contributed by atoms with Gasteiger partial charge in [0, 0.05) is 50.4 Å². The zero-order chi connectivity index (χ0) is 20.4. The van der Waals surface area contributed by atoms with E-state index in [-0.39, 0.29) is 17.2 Å². The Morgan fingerprint density at radius 2 is 2.03 bits per heavy atom. The zero-order valence-electron chi connectivity index (χ0n) is 17.2. The number of amides is 2. The van der Waals surface area contributed by atoms with Crippen LogP contribution in [0.2, 0.25) is 0 Å². The molecule has 2 saturated heterocycles. The summed E-state index contributed by atoms with van der Waals surface area (Å²) in [6, 6.07) is 0. The number of carbonyl (C=O) groups excluding carboxylic acids is 2. The summed E-state index contributed by atoms with van der Waals surface area (Å²) in [4.78, 5) is 38.1. The first kappa shape index (κ1) is 19.5. The van der Waals surface area contributed by atoms with Crippen molar-refractivity contribution >= 4 is 11.8 Å². The number of hydrogen-bond donors (Lipinski definition) is 0. The summed E-state index contributed by atoms with van der Waals surface area (Å²) < 4.78 is 1.77. The predicted octanol–water partition coefficient (Wildman–Crippen LogP) is 2.05. The predicted molar refractivity (Wildman–Crippen MR) is 107 cm³/mol.